The summed E-state index contributed by atoms with van der Waals surface area (Å²) in [6, 6.07) is 20.0. The number of fused-ring (bicyclic) bond motifs is 1. The van der Waals surface area contributed by atoms with Crippen molar-refractivity contribution in [3.8, 4) is 0 Å². The van der Waals surface area contributed by atoms with Gasteiger partial charge in [0, 0.05) is 33.2 Å². The fourth-order valence-electron chi connectivity index (χ4n) is 3.95. The van der Waals surface area contributed by atoms with Gasteiger partial charge in [-0.2, -0.15) is 0 Å². The van der Waals surface area contributed by atoms with Gasteiger partial charge in [-0.15, -0.1) is 0 Å². The molecule has 8 nitrogen and oxygen atoms in total. The molecule has 36 heavy (non-hydrogen) atoms. The Morgan fingerprint density at radius 1 is 1.08 bits per heavy atom. The molecule has 4 aromatic rings. The van der Waals surface area contributed by atoms with E-state index in [9.17, 15) is 19.7 Å². The van der Waals surface area contributed by atoms with E-state index in [1.807, 2.05) is 32.0 Å². The highest BCUT2D eigenvalue weighted by atomic mass is 79.9. The number of rotatable bonds is 7. The van der Waals surface area contributed by atoms with Gasteiger partial charge in [0.25, 0.3) is 11.6 Å². The maximum absolute atomic E-state index is 13.6. The number of halogens is 1. The lowest BCUT2D eigenvalue weighted by Gasteiger charge is -2.20. The molecule has 0 aliphatic rings. The largest absolute Gasteiger partial charge is 0.444 e. The number of non-ortho nitro benzene ring substituents is 1. The quantitative estimate of drug-likeness (QED) is 0.165. The number of para-hydroxylation sites is 1. The number of hydrogen-bond donors (Lipinski definition) is 1. The van der Waals surface area contributed by atoms with E-state index in [1.165, 1.54) is 18.2 Å². The van der Waals surface area contributed by atoms with Crippen molar-refractivity contribution < 1.29 is 19.2 Å². The topological polar surface area (TPSA) is 111 Å². The average Bonchev–Trinajstić information content (AvgIpc) is 2.88. The summed E-state index contributed by atoms with van der Waals surface area (Å²) in [4.78, 5) is 42.1. The fraction of sp³-hybridized carbons (Fsp3) is 0.148. The highest BCUT2D eigenvalue weighted by molar-refractivity contribution is 9.10. The summed E-state index contributed by atoms with van der Waals surface area (Å²) in [5, 5.41) is 14.4. The standard InChI is InChI=1S/C27H22BrN3O5/c1-3-21-16(2)24(19-11-7-8-12-22(19)29-21)27(33)36-25(17-9-5-4-6-10-17)26(32)30-23-14-13-18(31(34)35)15-20(23)28/h4-15,25H,3H2,1-2H3,(H,30,32). The molecule has 9 heteroatoms. The first-order valence-corrected chi connectivity index (χ1v) is 12.0. The number of amides is 1. The average molecular weight is 548 g/mol. The van der Waals surface area contributed by atoms with Crippen molar-refractivity contribution >= 4 is 50.1 Å². The van der Waals surface area contributed by atoms with E-state index in [2.05, 4.69) is 26.2 Å². The predicted molar refractivity (Wildman–Crippen MR) is 140 cm³/mol. The van der Waals surface area contributed by atoms with Crippen molar-refractivity contribution in [2.45, 2.75) is 26.4 Å². The molecule has 0 aliphatic carbocycles. The van der Waals surface area contributed by atoms with Crippen LogP contribution in [0.3, 0.4) is 0 Å². The van der Waals surface area contributed by atoms with Gasteiger partial charge in [0.1, 0.15) is 0 Å². The summed E-state index contributed by atoms with van der Waals surface area (Å²) >= 11 is 3.26. The number of esters is 1. The van der Waals surface area contributed by atoms with Gasteiger partial charge in [-0.3, -0.25) is 19.9 Å². The maximum Gasteiger partial charge on any atom is 0.340 e. The molecular weight excluding hydrogens is 526 g/mol. The molecule has 1 heterocycles. The Balaban J connectivity index is 1.71. The van der Waals surface area contributed by atoms with Gasteiger partial charge in [0.05, 0.1) is 21.7 Å². The van der Waals surface area contributed by atoms with Crippen LogP contribution in [0.5, 0.6) is 0 Å². The lowest BCUT2D eigenvalue weighted by molar-refractivity contribution is -0.384. The van der Waals surface area contributed by atoms with Crippen molar-refractivity contribution in [3.05, 3.63) is 110 Å². The van der Waals surface area contributed by atoms with Gasteiger partial charge < -0.3 is 10.1 Å². The minimum Gasteiger partial charge on any atom is -0.444 e. The molecule has 182 valence electrons. The lowest BCUT2D eigenvalue weighted by atomic mass is 10.00. The summed E-state index contributed by atoms with van der Waals surface area (Å²) in [5.41, 5.74) is 3.17. The number of nitrogens with one attached hydrogen (secondary N) is 1. The van der Waals surface area contributed by atoms with Crippen molar-refractivity contribution in [1.29, 1.82) is 0 Å². The first-order valence-electron chi connectivity index (χ1n) is 11.2. The third kappa shape index (κ3) is 5.11. The zero-order chi connectivity index (χ0) is 25.8. The summed E-state index contributed by atoms with van der Waals surface area (Å²) < 4.78 is 6.17. The van der Waals surface area contributed by atoms with E-state index in [-0.39, 0.29) is 5.69 Å². The van der Waals surface area contributed by atoms with Crippen molar-refractivity contribution in [2.75, 3.05) is 5.32 Å². The van der Waals surface area contributed by atoms with E-state index in [0.717, 1.165) is 5.69 Å². The number of ether oxygens (including phenoxy) is 1. The first kappa shape index (κ1) is 25.0. The molecular formula is C27H22BrN3O5. The molecule has 0 bridgehead atoms. The summed E-state index contributed by atoms with van der Waals surface area (Å²) in [6.45, 7) is 3.78. The second kappa shape index (κ2) is 10.7. The second-order valence-electron chi connectivity index (χ2n) is 8.04. The number of anilines is 1. The van der Waals surface area contributed by atoms with Gasteiger partial charge in [0.2, 0.25) is 6.10 Å². The maximum atomic E-state index is 13.6. The molecule has 0 saturated carbocycles. The molecule has 0 radical (unpaired) electrons. The van der Waals surface area contributed by atoms with Crippen LogP contribution in [-0.2, 0) is 16.0 Å². The van der Waals surface area contributed by atoms with Crippen LogP contribution in [-0.4, -0.2) is 21.8 Å². The Labute approximate surface area is 215 Å². The Kier molecular flexibility index (Phi) is 7.40. The van der Waals surface area contributed by atoms with Crippen LogP contribution in [0.2, 0.25) is 0 Å². The molecule has 4 rings (SSSR count). The molecule has 3 aromatic carbocycles. The third-order valence-electron chi connectivity index (χ3n) is 5.76. The number of benzene rings is 3. The van der Waals surface area contributed by atoms with E-state index in [0.29, 0.717) is 44.2 Å². The molecule has 0 saturated heterocycles. The Hall–Kier alpha value is -4.11. The fourth-order valence-corrected chi connectivity index (χ4v) is 4.42. The Morgan fingerprint density at radius 3 is 2.44 bits per heavy atom. The molecule has 0 aliphatic heterocycles. The number of aryl methyl sites for hydroxylation is 1. The van der Waals surface area contributed by atoms with Gasteiger partial charge in [-0.25, -0.2) is 4.79 Å². The highest BCUT2D eigenvalue weighted by Gasteiger charge is 2.28. The van der Waals surface area contributed by atoms with E-state index in [1.54, 1.807) is 36.4 Å². The van der Waals surface area contributed by atoms with Crippen LogP contribution in [0.4, 0.5) is 11.4 Å². The lowest BCUT2D eigenvalue weighted by Crippen LogP contribution is -2.26. The number of aromatic nitrogens is 1. The minimum absolute atomic E-state index is 0.127. The van der Waals surface area contributed by atoms with Crippen LogP contribution in [0, 0.1) is 17.0 Å². The molecule has 0 spiro atoms. The first-order chi connectivity index (χ1) is 17.3. The number of nitrogens with zero attached hydrogens (tertiary/aromatic N) is 2. The number of carbonyl (C=O) groups is 2. The predicted octanol–water partition coefficient (Wildman–Crippen LogP) is 6.31. The van der Waals surface area contributed by atoms with Crippen LogP contribution < -0.4 is 5.32 Å². The smallest absolute Gasteiger partial charge is 0.340 e. The van der Waals surface area contributed by atoms with E-state index >= 15 is 0 Å². The van der Waals surface area contributed by atoms with Crippen LogP contribution in [0.15, 0.2) is 77.3 Å². The molecule has 0 fully saturated rings. The van der Waals surface area contributed by atoms with Gasteiger partial charge in [0.15, 0.2) is 0 Å². The van der Waals surface area contributed by atoms with Crippen molar-refractivity contribution in [3.63, 3.8) is 0 Å². The number of nitro benzene ring substituents is 1. The molecule has 1 aromatic heterocycles. The van der Waals surface area contributed by atoms with Gasteiger partial charge in [-0.1, -0.05) is 55.5 Å². The van der Waals surface area contributed by atoms with Crippen LogP contribution in [0.25, 0.3) is 10.9 Å². The normalized spacial score (nSPS) is 11.6. The summed E-state index contributed by atoms with van der Waals surface area (Å²) in [7, 11) is 0. The zero-order valence-corrected chi connectivity index (χ0v) is 21.1. The number of pyridine rings is 1. The van der Waals surface area contributed by atoms with Crippen molar-refractivity contribution in [2.24, 2.45) is 0 Å². The molecule has 1 N–H and O–H groups in total. The van der Waals surface area contributed by atoms with E-state index in [4.69, 9.17) is 4.74 Å². The van der Waals surface area contributed by atoms with Crippen LogP contribution in [0.1, 0.15) is 40.2 Å². The van der Waals surface area contributed by atoms with Gasteiger partial charge in [-0.05, 0) is 47.0 Å². The zero-order valence-electron chi connectivity index (χ0n) is 19.5. The number of nitro groups is 1. The van der Waals surface area contributed by atoms with E-state index < -0.39 is 22.9 Å². The van der Waals surface area contributed by atoms with Gasteiger partial charge >= 0.3 is 5.97 Å². The molecule has 1 unspecified atom stereocenters. The Morgan fingerprint density at radius 2 is 1.78 bits per heavy atom. The minimum atomic E-state index is -1.27. The molecule has 1 atom stereocenters. The summed E-state index contributed by atoms with van der Waals surface area (Å²) in [6.07, 6.45) is -0.634. The summed E-state index contributed by atoms with van der Waals surface area (Å²) in [5.74, 6) is -1.25. The monoisotopic (exact) mass is 547 g/mol. The second-order valence-corrected chi connectivity index (χ2v) is 8.89. The van der Waals surface area contributed by atoms with Crippen molar-refractivity contribution in [1.82, 2.24) is 4.98 Å². The SMILES string of the molecule is CCc1nc2ccccc2c(C(=O)OC(C(=O)Nc2ccc([N+](=O)[O-])cc2Br)c2ccccc2)c1C. The Bertz CT molecular complexity index is 1470. The highest BCUT2D eigenvalue weighted by Crippen LogP contribution is 2.30. The number of hydrogen-bond acceptors (Lipinski definition) is 6. The van der Waals surface area contributed by atoms with Crippen LogP contribution >= 0.6 is 15.9 Å². The third-order valence-corrected chi connectivity index (χ3v) is 6.42. The molecule has 1 amide bonds. The number of carbonyl (C=O) groups excluding carboxylic acids is 2.